The van der Waals surface area contributed by atoms with Crippen molar-refractivity contribution in [1.82, 2.24) is 5.32 Å². The summed E-state index contributed by atoms with van der Waals surface area (Å²) in [6, 6.07) is 9.08. The Morgan fingerprint density at radius 1 is 0.800 bits per heavy atom. The summed E-state index contributed by atoms with van der Waals surface area (Å²) in [5.74, 6) is -0.457. The van der Waals surface area contributed by atoms with Crippen molar-refractivity contribution in [2.75, 3.05) is 7.11 Å². The largest absolute Gasteiger partial charge is 0.467 e. The minimum Gasteiger partial charge on any atom is -0.467 e. The molecule has 170 valence electrons. The monoisotopic (exact) mass is 417 g/mol. The Bertz CT molecular complexity index is 559. The first-order chi connectivity index (χ1) is 14.7. The molecular weight excluding hydrogens is 374 g/mol. The van der Waals surface area contributed by atoms with E-state index in [9.17, 15) is 9.59 Å². The predicted octanol–water partition coefficient (Wildman–Crippen LogP) is 6.37. The Morgan fingerprint density at radius 2 is 1.30 bits per heavy atom. The average molecular weight is 418 g/mol. The Labute approximate surface area is 184 Å². The van der Waals surface area contributed by atoms with Crippen LogP contribution in [0.5, 0.6) is 0 Å². The predicted molar refractivity (Wildman–Crippen MR) is 124 cm³/mol. The second-order valence-corrected chi connectivity index (χ2v) is 8.33. The summed E-state index contributed by atoms with van der Waals surface area (Å²) in [6.07, 6.45) is 17.6. The van der Waals surface area contributed by atoms with Crippen LogP contribution < -0.4 is 5.32 Å². The van der Waals surface area contributed by atoms with Gasteiger partial charge in [-0.15, -0.1) is 0 Å². The first-order valence-electron chi connectivity index (χ1n) is 12.1. The lowest BCUT2D eigenvalue weighted by Crippen LogP contribution is -2.43. The van der Waals surface area contributed by atoms with Gasteiger partial charge in [-0.25, -0.2) is 4.79 Å². The maximum absolute atomic E-state index is 12.2. The van der Waals surface area contributed by atoms with Crippen molar-refractivity contribution in [2.45, 2.75) is 109 Å². The van der Waals surface area contributed by atoms with E-state index >= 15 is 0 Å². The fraction of sp³-hybridized carbons (Fsp3) is 0.692. The maximum atomic E-state index is 12.2. The molecule has 1 rings (SSSR count). The van der Waals surface area contributed by atoms with Crippen molar-refractivity contribution in [1.29, 1.82) is 0 Å². The number of carbonyl (C=O) groups is 2. The van der Waals surface area contributed by atoms with Crippen LogP contribution in [0.3, 0.4) is 0 Å². The highest BCUT2D eigenvalue weighted by molar-refractivity contribution is 5.84. The molecule has 1 aromatic rings. The number of methoxy groups -OCH3 is 1. The number of hydrogen-bond acceptors (Lipinski definition) is 3. The van der Waals surface area contributed by atoms with E-state index in [1.54, 1.807) is 0 Å². The van der Waals surface area contributed by atoms with Crippen LogP contribution in [-0.4, -0.2) is 25.0 Å². The molecule has 0 aliphatic heterocycles. The molecule has 1 atom stereocenters. The summed E-state index contributed by atoms with van der Waals surface area (Å²) in [7, 11) is 1.36. The number of nitrogens with one attached hydrogen (secondary N) is 1. The first kappa shape index (κ1) is 26.2. The molecule has 1 aromatic carbocycles. The van der Waals surface area contributed by atoms with E-state index in [0.717, 1.165) is 18.4 Å². The highest BCUT2D eigenvalue weighted by atomic mass is 16.5. The Hall–Kier alpha value is -1.84. The zero-order valence-corrected chi connectivity index (χ0v) is 19.3. The molecule has 0 spiro atoms. The number of unbranched alkanes of at least 4 members (excludes halogenated alkanes) is 12. The summed E-state index contributed by atoms with van der Waals surface area (Å²) >= 11 is 0. The second kappa shape index (κ2) is 18.0. The number of benzene rings is 1. The highest BCUT2D eigenvalue weighted by Crippen LogP contribution is 2.13. The third kappa shape index (κ3) is 13.4. The Morgan fingerprint density at radius 3 is 1.80 bits per heavy atom. The number of hydrogen-bond donors (Lipinski definition) is 1. The van der Waals surface area contributed by atoms with E-state index < -0.39 is 12.0 Å². The van der Waals surface area contributed by atoms with Crippen LogP contribution >= 0.6 is 0 Å². The fourth-order valence-electron chi connectivity index (χ4n) is 3.76. The molecular formula is C26H43NO3. The zero-order chi connectivity index (χ0) is 21.9. The molecule has 4 nitrogen and oxygen atoms in total. The van der Waals surface area contributed by atoms with Crippen LogP contribution in [0.4, 0.5) is 0 Å². The summed E-state index contributed by atoms with van der Waals surface area (Å²) in [5.41, 5.74) is 1.01. The molecule has 0 radical (unpaired) electrons. The van der Waals surface area contributed by atoms with Crippen molar-refractivity contribution < 1.29 is 14.3 Å². The van der Waals surface area contributed by atoms with E-state index in [1.165, 1.54) is 77.7 Å². The molecule has 0 aliphatic carbocycles. The van der Waals surface area contributed by atoms with E-state index in [2.05, 4.69) is 12.2 Å². The minimum absolute atomic E-state index is 0.0654. The number of carbonyl (C=O) groups excluding carboxylic acids is 2. The van der Waals surface area contributed by atoms with Gasteiger partial charge in [0.2, 0.25) is 5.91 Å². The van der Waals surface area contributed by atoms with Gasteiger partial charge in [-0.05, 0) is 12.0 Å². The van der Waals surface area contributed by atoms with Gasteiger partial charge in [0.25, 0.3) is 0 Å². The lowest BCUT2D eigenvalue weighted by molar-refractivity contribution is -0.145. The molecule has 0 saturated carbocycles. The fourth-order valence-corrected chi connectivity index (χ4v) is 3.76. The molecule has 30 heavy (non-hydrogen) atoms. The van der Waals surface area contributed by atoms with E-state index in [0.29, 0.717) is 12.8 Å². The third-order valence-electron chi connectivity index (χ3n) is 5.61. The van der Waals surface area contributed by atoms with Gasteiger partial charge in [-0.3, -0.25) is 4.79 Å². The lowest BCUT2D eigenvalue weighted by Gasteiger charge is -2.16. The van der Waals surface area contributed by atoms with E-state index in [1.807, 2.05) is 30.3 Å². The maximum Gasteiger partial charge on any atom is 0.328 e. The molecule has 1 N–H and O–H groups in total. The van der Waals surface area contributed by atoms with Gasteiger partial charge in [0.15, 0.2) is 0 Å². The summed E-state index contributed by atoms with van der Waals surface area (Å²) in [4.78, 5) is 24.3. The van der Waals surface area contributed by atoms with Crippen molar-refractivity contribution in [3.63, 3.8) is 0 Å². The van der Waals surface area contributed by atoms with Crippen LogP contribution in [0, 0.1) is 0 Å². The van der Waals surface area contributed by atoms with E-state index in [4.69, 9.17) is 4.74 Å². The summed E-state index contributed by atoms with van der Waals surface area (Å²) in [5, 5.41) is 2.85. The normalized spacial score (nSPS) is 11.8. The molecule has 0 saturated heterocycles. The van der Waals surface area contributed by atoms with Gasteiger partial charge in [-0.1, -0.05) is 114 Å². The van der Waals surface area contributed by atoms with Gasteiger partial charge in [-0.2, -0.15) is 0 Å². The third-order valence-corrected chi connectivity index (χ3v) is 5.61. The number of rotatable bonds is 18. The number of ether oxygens (including phenoxy) is 1. The molecule has 0 aliphatic rings. The minimum atomic E-state index is -0.619. The first-order valence-corrected chi connectivity index (χ1v) is 12.1. The molecule has 0 heterocycles. The van der Waals surface area contributed by atoms with Crippen LogP contribution in [0.1, 0.15) is 102 Å². The zero-order valence-electron chi connectivity index (χ0n) is 19.3. The lowest BCUT2D eigenvalue weighted by atomic mass is 10.0. The molecule has 4 heteroatoms. The Kier molecular flexibility index (Phi) is 15.7. The Balaban J connectivity index is 2.06. The van der Waals surface area contributed by atoms with Crippen LogP contribution in [-0.2, 0) is 20.7 Å². The van der Waals surface area contributed by atoms with Crippen LogP contribution in [0.2, 0.25) is 0 Å². The van der Waals surface area contributed by atoms with Crippen molar-refractivity contribution in [3.05, 3.63) is 35.9 Å². The van der Waals surface area contributed by atoms with Crippen LogP contribution in [0.25, 0.3) is 0 Å². The summed E-state index contributed by atoms with van der Waals surface area (Å²) in [6.45, 7) is 2.26. The summed E-state index contributed by atoms with van der Waals surface area (Å²) < 4.78 is 4.85. The van der Waals surface area contributed by atoms with Gasteiger partial charge in [0.05, 0.1) is 7.11 Å². The van der Waals surface area contributed by atoms with Gasteiger partial charge in [0, 0.05) is 12.8 Å². The topological polar surface area (TPSA) is 55.4 Å². The number of esters is 1. The standard InChI is InChI=1S/C26H43NO3/c1-3-4-5-6-7-8-9-10-11-12-13-14-18-21-25(28)27-24(26(29)30-2)22-23-19-16-15-17-20-23/h15-17,19-20,24H,3-14,18,21-22H2,1-2H3,(H,27,28). The molecule has 0 aromatic heterocycles. The van der Waals surface area contributed by atoms with Gasteiger partial charge >= 0.3 is 5.97 Å². The van der Waals surface area contributed by atoms with Gasteiger partial charge < -0.3 is 10.1 Å². The SMILES string of the molecule is CCCCCCCCCCCCCCCC(=O)NC(Cc1ccccc1)C(=O)OC. The highest BCUT2D eigenvalue weighted by Gasteiger charge is 2.21. The van der Waals surface area contributed by atoms with Crippen molar-refractivity contribution in [2.24, 2.45) is 0 Å². The van der Waals surface area contributed by atoms with Gasteiger partial charge in [0.1, 0.15) is 6.04 Å². The molecule has 0 fully saturated rings. The average Bonchev–Trinajstić information content (AvgIpc) is 2.76. The van der Waals surface area contributed by atoms with Crippen LogP contribution in [0.15, 0.2) is 30.3 Å². The second-order valence-electron chi connectivity index (χ2n) is 8.33. The van der Waals surface area contributed by atoms with Crippen molar-refractivity contribution in [3.8, 4) is 0 Å². The molecule has 0 bridgehead atoms. The smallest absolute Gasteiger partial charge is 0.328 e. The quantitative estimate of drug-likeness (QED) is 0.223. The van der Waals surface area contributed by atoms with Crippen molar-refractivity contribution >= 4 is 11.9 Å². The molecule has 1 unspecified atom stereocenters. The number of amides is 1. The van der Waals surface area contributed by atoms with E-state index in [-0.39, 0.29) is 5.91 Å². The molecule has 1 amide bonds.